The van der Waals surface area contributed by atoms with E-state index in [4.69, 9.17) is 14.6 Å². The number of methoxy groups -OCH3 is 2. The normalized spacial score (nSPS) is 17.4. The van der Waals surface area contributed by atoms with E-state index in [1.54, 1.807) is 30.9 Å². The lowest BCUT2D eigenvalue weighted by atomic mass is 10.1. The summed E-state index contributed by atoms with van der Waals surface area (Å²) in [6, 6.07) is 5.39. The Morgan fingerprint density at radius 3 is 2.71 bits per heavy atom. The summed E-state index contributed by atoms with van der Waals surface area (Å²) >= 11 is 1.70. The lowest BCUT2D eigenvalue weighted by Crippen LogP contribution is -2.47. The van der Waals surface area contributed by atoms with E-state index in [0.29, 0.717) is 36.6 Å². The highest BCUT2D eigenvalue weighted by molar-refractivity contribution is 7.99. The fraction of sp³-hybridized carbons (Fsp3) is 0.529. The van der Waals surface area contributed by atoms with Crippen molar-refractivity contribution in [3.05, 3.63) is 23.8 Å². The van der Waals surface area contributed by atoms with Gasteiger partial charge in [0, 0.05) is 24.5 Å². The first-order valence-corrected chi connectivity index (χ1v) is 9.00. The largest absolute Gasteiger partial charge is 0.493 e. The summed E-state index contributed by atoms with van der Waals surface area (Å²) in [4.78, 5) is 25.2. The van der Waals surface area contributed by atoms with Crippen LogP contribution in [0.25, 0.3) is 0 Å². The smallest absolute Gasteiger partial charge is 0.305 e. The first-order chi connectivity index (χ1) is 11.5. The Labute approximate surface area is 146 Å². The van der Waals surface area contributed by atoms with Gasteiger partial charge in [0.15, 0.2) is 11.5 Å². The highest BCUT2D eigenvalue weighted by Crippen LogP contribution is 2.28. The molecule has 7 heteroatoms. The number of hydrogen-bond donors (Lipinski definition) is 1. The highest BCUT2D eigenvalue weighted by atomic mass is 32.2. The van der Waals surface area contributed by atoms with Gasteiger partial charge in [0.1, 0.15) is 0 Å². The molecule has 1 aromatic rings. The molecule has 1 fully saturated rings. The van der Waals surface area contributed by atoms with Crippen molar-refractivity contribution < 1.29 is 24.2 Å². The molecule has 24 heavy (non-hydrogen) atoms. The Morgan fingerprint density at radius 2 is 2.04 bits per heavy atom. The van der Waals surface area contributed by atoms with Crippen LogP contribution in [-0.4, -0.2) is 60.2 Å². The Bertz CT molecular complexity index is 592. The minimum absolute atomic E-state index is 0.00903. The van der Waals surface area contributed by atoms with Crippen molar-refractivity contribution in [2.75, 3.05) is 32.3 Å². The van der Waals surface area contributed by atoms with Gasteiger partial charge in [0.2, 0.25) is 5.91 Å². The number of nitrogens with zero attached hydrogens (tertiary/aromatic N) is 1. The van der Waals surface area contributed by atoms with Crippen LogP contribution >= 0.6 is 11.8 Å². The number of carbonyl (C=O) groups is 2. The molecule has 0 bridgehead atoms. The standard InChI is InChI=1S/C17H23NO5S/c1-22-14-5-3-12(9-15(14)23-2)4-6-16(19)18-7-8-24-11-13(18)10-17(20)21/h3,5,9,13H,4,6-8,10-11H2,1-2H3,(H,20,21). The summed E-state index contributed by atoms with van der Waals surface area (Å²) in [7, 11) is 3.16. The molecule has 1 unspecified atom stereocenters. The van der Waals surface area contributed by atoms with Gasteiger partial charge in [0.05, 0.1) is 26.7 Å². The monoisotopic (exact) mass is 353 g/mol. The second kappa shape index (κ2) is 8.82. The maximum absolute atomic E-state index is 12.5. The molecule has 0 radical (unpaired) electrons. The SMILES string of the molecule is COc1ccc(CCC(=O)N2CCSCC2CC(=O)O)cc1OC. The van der Waals surface area contributed by atoms with Crippen LogP contribution in [0.5, 0.6) is 11.5 Å². The zero-order valence-electron chi connectivity index (χ0n) is 14.0. The second-order valence-electron chi connectivity index (χ2n) is 5.60. The van der Waals surface area contributed by atoms with Crippen molar-refractivity contribution in [2.45, 2.75) is 25.3 Å². The molecule has 1 N–H and O–H groups in total. The first-order valence-electron chi connectivity index (χ1n) is 7.85. The summed E-state index contributed by atoms with van der Waals surface area (Å²) in [5, 5.41) is 9.01. The van der Waals surface area contributed by atoms with Gasteiger partial charge < -0.3 is 19.5 Å². The number of carbonyl (C=O) groups excluding carboxylic acids is 1. The van der Waals surface area contributed by atoms with Gasteiger partial charge in [-0.1, -0.05) is 6.07 Å². The van der Waals surface area contributed by atoms with E-state index >= 15 is 0 Å². The molecular formula is C17H23NO5S. The zero-order chi connectivity index (χ0) is 17.5. The molecular weight excluding hydrogens is 330 g/mol. The van der Waals surface area contributed by atoms with E-state index in [1.165, 1.54) is 0 Å². The Morgan fingerprint density at radius 1 is 1.29 bits per heavy atom. The zero-order valence-corrected chi connectivity index (χ0v) is 14.8. The van der Waals surface area contributed by atoms with Gasteiger partial charge >= 0.3 is 5.97 Å². The van der Waals surface area contributed by atoms with Crippen molar-refractivity contribution in [3.63, 3.8) is 0 Å². The van der Waals surface area contributed by atoms with Crippen LogP contribution in [0.4, 0.5) is 0 Å². The van der Waals surface area contributed by atoms with Gasteiger partial charge in [-0.3, -0.25) is 9.59 Å². The summed E-state index contributed by atoms with van der Waals surface area (Å²) in [5.41, 5.74) is 0.988. The Kier molecular flexibility index (Phi) is 6.78. The van der Waals surface area contributed by atoms with Crippen LogP contribution in [0.1, 0.15) is 18.4 Å². The Balaban J connectivity index is 1.97. The van der Waals surface area contributed by atoms with E-state index in [1.807, 2.05) is 18.2 Å². The van der Waals surface area contributed by atoms with E-state index in [0.717, 1.165) is 11.3 Å². The van der Waals surface area contributed by atoms with Crippen molar-refractivity contribution in [2.24, 2.45) is 0 Å². The number of thioether (sulfide) groups is 1. The molecule has 6 nitrogen and oxygen atoms in total. The second-order valence-corrected chi connectivity index (χ2v) is 6.75. The molecule has 0 aromatic heterocycles. The average Bonchev–Trinajstić information content (AvgIpc) is 2.59. The van der Waals surface area contributed by atoms with Gasteiger partial charge in [-0.2, -0.15) is 11.8 Å². The molecule has 0 spiro atoms. The summed E-state index contributed by atoms with van der Waals surface area (Å²) in [6.07, 6.45) is 0.952. The molecule has 2 rings (SSSR count). The molecule has 1 saturated heterocycles. The number of carboxylic acids is 1. The minimum atomic E-state index is -0.861. The third-order valence-corrected chi connectivity index (χ3v) is 5.13. The lowest BCUT2D eigenvalue weighted by molar-refractivity contribution is -0.140. The van der Waals surface area contributed by atoms with Gasteiger partial charge in [-0.15, -0.1) is 0 Å². The van der Waals surface area contributed by atoms with E-state index in [-0.39, 0.29) is 18.4 Å². The molecule has 1 aliphatic rings. The molecule has 0 saturated carbocycles. The van der Waals surface area contributed by atoms with Gasteiger partial charge in [-0.05, 0) is 24.1 Å². The van der Waals surface area contributed by atoms with Crippen LogP contribution < -0.4 is 9.47 Å². The average molecular weight is 353 g/mol. The number of rotatable bonds is 7. The van der Waals surface area contributed by atoms with Crippen LogP contribution in [0, 0.1) is 0 Å². The van der Waals surface area contributed by atoms with Crippen molar-refractivity contribution in [3.8, 4) is 11.5 Å². The minimum Gasteiger partial charge on any atom is -0.493 e. The molecule has 1 aromatic carbocycles. The number of ether oxygens (including phenoxy) is 2. The summed E-state index contributed by atoms with van der Waals surface area (Å²) < 4.78 is 10.5. The summed E-state index contributed by atoms with van der Waals surface area (Å²) in [5.74, 6) is 1.99. The van der Waals surface area contributed by atoms with Crippen molar-refractivity contribution in [1.29, 1.82) is 0 Å². The topological polar surface area (TPSA) is 76.1 Å². The molecule has 1 amide bonds. The number of aliphatic carboxylic acids is 1. The number of benzene rings is 1. The maximum atomic E-state index is 12.5. The fourth-order valence-electron chi connectivity index (χ4n) is 2.78. The molecule has 1 aliphatic heterocycles. The van der Waals surface area contributed by atoms with Crippen molar-refractivity contribution in [1.82, 2.24) is 4.90 Å². The first kappa shape index (κ1) is 18.4. The Hall–Kier alpha value is -1.89. The number of amides is 1. The van der Waals surface area contributed by atoms with Crippen molar-refractivity contribution >= 4 is 23.6 Å². The molecule has 1 atom stereocenters. The fourth-order valence-corrected chi connectivity index (χ4v) is 3.85. The summed E-state index contributed by atoms with van der Waals surface area (Å²) in [6.45, 7) is 0.618. The number of hydrogen-bond acceptors (Lipinski definition) is 5. The lowest BCUT2D eigenvalue weighted by Gasteiger charge is -2.34. The number of carboxylic acid groups (broad SMARTS) is 1. The van der Waals surface area contributed by atoms with E-state index in [2.05, 4.69) is 0 Å². The van der Waals surface area contributed by atoms with E-state index < -0.39 is 5.97 Å². The van der Waals surface area contributed by atoms with Crippen LogP contribution in [0.2, 0.25) is 0 Å². The van der Waals surface area contributed by atoms with Crippen LogP contribution in [0.15, 0.2) is 18.2 Å². The van der Waals surface area contributed by atoms with Gasteiger partial charge in [-0.25, -0.2) is 0 Å². The number of aryl methyl sites for hydroxylation is 1. The quantitative estimate of drug-likeness (QED) is 0.809. The third kappa shape index (κ3) is 4.80. The van der Waals surface area contributed by atoms with Crippen LogP contribution in [0.3, 0.4) is 0 Å². The molecule has 0 aliphatic carbocycles. The highest BCUT2D eigenvalue weighted by Gasteiger charge is 2.28. The maximum Gasteiger partial charge on any atom is 0.305 e. The predicted molar refractivity (Wildman–Crippen MR) is 92.9 cm³/mol. The van der Waals surface area contributed by atoms with Crippen LogP contribution in [-0.2, 0) is 16.0 Å². The van der Waals surface area contributed by atoms with Gasteiger partial charge in [0.25, 0.3) is 0 Å². The molecule has 132 valence electrons. The van der Waals surface area contributed by atoms with E-state index in [9.17, 15) is 9.59 Å². The molecule has 1 heterocycles. The third-order valence-electron chi connectivity index (χ3n) is 4.03. The predicted octanol–water partition coefficient (Wildman–Crippen LogP) is 2.06.